The summed E-state index contributed by atoms with van der Waals surface area (Å²) in [6.07, 6.45) is 1.70. The lowest BCUT2D eigenvalue weighted by molar-refractivity contribution is -0.255. The maximum Gasteiger partial charge on any atom is 0.129 e. The van der Waals surface area contributed by atoms with Crippen molar-refractivity contribution in [3.8, 4) is 5.75 Å². The van der Waals surface area contributed by atoms with Gasteiger partial charge in [-0.3, -0.25) is 0 Å². The van der Waals surface area contributed by atoms with Crippen LogP contribution in [-0.4, -0.2) is 12.0 Å². The molecular weight excluding hydrogens is 306 g/mol. The topological polar surface area (TPSA) is 98.1 Å². The number of ether oxygens (including phenoxy) is 1. The van der Waals surface area contributed by atoms with Gasteiger partial charge in [0.2, 0.25) is 0 Å². The summed E-state index contributed by atoms with van der Waals surface area (Å²) < 4.78 is 5.72. The third-order valence-electron chi connectivity index (χ3n) is 4.21. The first-order chi connectivity index (χ1) is 11.7. The van der Waals surface area contributed by atoms with Crippen LogP contribution in [0, 0.1) is 0 Å². The van der Waals surface area contributed by atoms with E-state index in [1.807, 2.05) is 36.4 Å². The molecule has 0 fully saturated rings. The van der Waals surface area contributed by atoms with Crippen LogP contribution in [0.2, 0.25) is 0 Å². The number of carboxylic acids is 1. The second-order valence-electron chi connectivity index (χ2n) is 5.74. The Hall–Kier alpha value is -2.98. The molecule has 0 aliphatic heterocycles. The van der Waals surface area contributed by atoms with Gasteiger partial charge in [-0.25, -0.2) is 0 Å². The maximum absolute atomic E-state index is 11.6. The Labute approximate surface area is 139 Å². The van der Waals surface area contributed by atoms with E-state index in [1.54, 1.807) is 6.07 Å². The van der Waals surface area contributed by atoms with Crippen LogP contribution in [0.5, 0.6) is 5.75 Å². The molecule has 1 aliphatic carbocycles. The number of nitrogens with zero attached hydrogens (tertiary/aromatic N) is 3. The molecular formula is C18H16N3O3-. The third-order valence-corrected chi connectivity index (χ3v) is 4.21. The number of carboxylic acid groups (broad SMARTS) is 1. The molecule has 0 N–H and O–H groups in total. The molecule has 122 valence electrons. The van der Waals surface area contributed by atoms with Crippen molar-refractivity contribution in [1.29, 1.82) is 0 Å². The first-order valence-electron chi connectivity index (χ1n) is 7.76. The van der Waals surface area contributed by atoms with Gasteiger partial charge in [0.25, 0.3) is 0 Å². The number of carbonyl (C=O) groups excluding carboxylic acids is 1. The van der Waals surface area contributed by atoms with Crippen LogP contribution in [-0.2, 0) is 19.4 Å². The van der Waals surface area contributed by atoms with E-state index in [0.717, 1.165) is 16.7 Å². The SMILES string of the molecule is [N-]=[N+]=NC1CCc2c(ccc(OCc3ccccc3)c2C(=O)[O-])C1. The van der Waals surface area contributed by atoms with Crippen molar-refractivity contribution in [1.82, 2.24) is 0 Å². The Morgan fingerprint density at radius 3 is 2.79 bits per heavy atom. The van der Waals surface area contributed by atoms with E-state index in [1.165, 1.54) is 0 Å². The van der Waals surface area contributed by atoms with E-state index in [9.17, 15) is 9.90 Å². The molecule has 24 heavy (non-hydrogen) atoms. The molecule has 0 radical (unpaired) electrons. The second kappa shape index (κ2) is 7.06. The van der Waals surface area contributed by atoms with Gasteiger partial charge in [-0.1, -0.05) is 41.5 Å². The Kier molecular flexibility index (Phi) is 4.68. The molecule has 0 spiro atoms. The van der Waals surface area contributed by atoms with Crippen molar-refractivity contribution in [3.63, 3.8) is 0 Å². The minimum absolute atomic E-state index is 0.114. The zero-order valence-electron chi connectivity index (χ0n) is 13.0. The predicted molar refractivity (Wildman–Crippen MR) is 86.5 cm³/mol. The summed E-state index contributed by atoms with van der Waals surface area (Å²) in [5.41, 5.74) is 11.2. The average Bonchev–Trinajstić information content (AvgIpc) is 2.60. The number of benzene rings is 2. The summed E-state index contributed by atoms with van der Waals surface area (Å²) in [7, 11) is 0. The van der Waals surface area contributed by atoms with Crippen molar-refractivity contribution in [2.24, 2.45) is 5.11 Å². The lowest BCUT2D eigenvalue weighted by Crippen LogP contribution is -2.28. The van der Waals surface area contributed by atoms with Crippen molar-refractivity contribution in [2.45, 2.75) is 31.9 Å². The Morgan fingerprint density at radius 1 is 1.29 bits per heavy atom. The fourth-order valence-corrected chi connectivity index (χ4v) is 3.06. The highest BCUT2D eigenvalue weighted by atomic mass is 16.5. The fraction of sp³-hybridized carbons (Fsp3) is 0.278. The number of aromatic carboxylic acids is 1. The molecule has 0 bridgehead atoms. The van der Waals surface area contributed by atoms with Crippen LogP contribution in [0.15, 0.2) is 47.6 Å². The van der Waals surface area contributed by atoms with Crippen LogP contribution < -0.4 is 9.84 Å². The van der Waals surface area contributed by atoms with Gasteiger partial charge in [0.1, 0.15) is 12.4 Å². The molecule has 0 amide bonds. The second-order valence-corrected chi connectivity index (χ2v) is 5.74. The molecule has 0 saturated heterocycles. The minimum Gasteiger partial charge on any atom is -0.545 e. The lowest BCUT2D eigenvalue weighted by Gasteiger charge is -2.25. The monoisotopic (exact) mass is 322 g/mol. The number of azide groups is 1. The Balaban J connectivity index is 1.88. The summed E-state index contributed by atoms with van der Waals surface area (Å²) in [4.78, 5) is 14.5. The summed E-state index contributed by atoms with van der Waals surface area (Å²) in [5.74, 6) is -0.919. The molecule has 6 nitrogen and oxygen atoms in total. The Bertz CT molecular complexity index is 799. The molecule has 0 heterocycles. The first-order valence-corrected chi connectivity index (χ1v) is 7.76. The molecule has 0 saturated carbocycles. The van der Waals surface area contributed by atoms with E-state index in [-0.39, 0.29) is 11.6 Å². The van der Waals surface area contributed by atoms with Crippen molar-refractivity contribution < 1.29 is 14.6 Å². The molecule has 2 aromatic carbocycles. The molecule has 1 atom stereocenters. The summed E-state index contributed by atoms with van der Waals surface area (Å²) in [6, 6.07) is 12.9. The highest BCUT2D eigenvalue weighted by Gasteiger charge is 2.23. The zero-order chi connectivity index (χ0) is 16.9. The van der Waals surface area contributed by atoms with E-state index < -0.39 is 5.97 Å². The first kappa shape index (κ1) is 15.9. The smallest absolute Gasteiger partial charge is 0.129 e. The van der Waals surface area contributed by atoms with Gasteiger partial charge in [-0.05, 0) is 47.6 Å². The van der Waals surface area contributed by atoms with Gasteiger partial charge in [0.15, 0.2) is 0 Å². The van der Waals surface area contributed by atoms with E-state index in [2.05, 4.69) is 10.0 Å². The van der Waals surface area contributed by atoms with Gasteiger partial charge in [0.05, 0.1) is 5.97 Å². The summed E-state index contributed by atoms with van der Waals surface area (Å²) in [5, 5.41) is 15.4. The standard InChI is InChI=1S/C18H17N3O3/c19-21-20-14-7-8-15-13(10-14)6-9-16(17(15)18(22)23)24-11-12-4-2-1-3-5-12/h1-6,9,14H,7-8,10-11H2,(H,22,23)/p-1. The van der Waals surface area contributed by atoms with Crippen LogP contribution in [0.3, 0.4) is 0 Å². The molecule has 2 aromatic rings. The van der Waals surface area contributed by atoms with Crippen LogP contribution in [0.4, 0.5) is 0 Å². The quantitative estimate of drug-likeness (QED) is 0.481. The normalized spacial score (nSPS) is 15.9. The lowest BCUT2D eigenvalue weighted by atomic mass is 9.85. The maximum atomic E-state index is 11.6. The number of fused-ring (bicyclic) bond motifs is 1. The Morgan fingerprint density at radius 2 is 2.08 bits per heavy atom. The summed E-state index contributed by atoms with van der Waals surface area (Å²) >= 11 is 0. The minimum atomic E-state index is -1.24. The largest absolute Gasteiger partial charge is 0.545 e. The van der Waals surface area contributed by atoms with Gasteiger partial charge in [-0.2, -0.15) is 0 Å². The molecule has 1 aliphatic rings. The van der Waals surface area contributed by atoms with E-state index in [4.69, 9.17) is 10.3 Å². The summed E-state index contributed by atoms with van der Waals surface area (Å²) in [6.45, 7) is 0.293. The van der Waals surface area contributed by atoms with Gasteiger partial charge in [0, 0.05) is 16.5 Å². The highest BCUT2D eigenvalue weighted by molar-refractivity contribution is 5.91. The van der Waals surface area contributed by atoms with Gasteiger partial charge in [-0.15, -0.1) is 0 Å². The molecule has 0 aromatic heterocycles. The highest BCUT2D eigenvalue weighted by Crippen LogP contribution is 2.32. The van der Waals surface area contributed by atoms with Crippen molar-refractivity contribution in [2.75, 3.05) is 0 Å². The van der Waals surface area contributed by atoms with Gasteiger partial charge >= 0.3 is 0 Å². The third kappa shape index (κ3) is 3.34. The zero-order valence-corrected chi connectivity index (χ0v) is 13.0. The van der Waals surface area contributed by atoms with E-state index in [0.29, 0.717) is 31.6 Å². The van der Waals surface area contributed by atoms with Crippen LogP contribution >= 0.6 is 0 Å². The number of rotatable bonds is 5. The number of carbonyl (C=O) groups is 1. The van der Waals surface area contributed by atoms with Crippen LogP contribution in [0.1, 0.15) is 33.5 Å². The average molecular weight is 322 g/mol. The number of hydrogen-bond acceptors (Lipinski definition) is 4. The molecule has 3 rings (SSSR count). The van der Waals surface area contributed by atoms with E-state index >= 15 is 0 Å². The fourth-order valence-electron chi connectivity index (χ4n) is 3.06. The van der Waals surface area contributed by atoms with Crippen LogP contribution in [0.25, 0.3) is 10.4 Å². The molecule has 1 unspecified atom stereocenters. The van der Waals surface area contributed by atoms with Gasteiger partial charge < -0.3 is 14.6 Å². The number of hydrogen-bond donors (Lipinski definition) is 0. The molecule has 6 heteroatoms. The van der Waals surface area contributed by atoms with Crippen molar-refractivity contribution in [3.05, 3.63) is 75.2 Å². The predicted octanol–water partition coefficient (Wildman–Crippen LogP) is 2.80. The van der Waals surface area contributed by atoms with Crippen molar-refractivity contribution >= 4 is 5.97 Å².